The maximum Gasteiger partial charge on any atom is 0.249 e. The van der Waals surface area contributed by atoms with E-state index in [1.54, 1.807) is 10.9 Å². The van der Waals surface area contributed by atoms with Crippen molar-refractivity contribution in [2.45, 2.75) is 12.3 Å². The molecule has 7 nitrogen and oxygen atoms in total. The zero-order valence-electron chi connectivity index (χ0n) is 15.3. The van der Waals surface area contributed by atoms with Crippen LogP contribution in [0.4, 0.5) is 16.5 Å². The number of rotatable bonds is 5. The van der Waals surface area contributed by atoms with Gasteiger partial charge in [0, 0.05) is 23.0 Å². The number of benzene rings is 2. The summed E-state index contributed by atoms with van der Waals surface area (Å²) in [6.07, 6.45) is 3.71. The zero-order valence-corrected chi connectivity index (χ0v) is 16.1. The van der Waals surface area contributed by atoms with E-state index >= 15 is 0 Å². The Morgan fingerprint density at radius 1 is 1.10 bits per heavy atom. The number of aromatic nitrogens is 1. The second-order valence-electron chi connectivity index (χ2n) is 6.43. The van der Waals surface area contributed by atoms with Gasteiger partial charge in [-0.15, -0.1) is 11.3 Å². The molecular formula is C21H18N4O3S. The molecular weight excluding hydrogens is 388 g/mol. The van der Waals surface area contributed by atoms with Gasteiger partial charge in [-0.3, -0.25) is 14.8 Å². The first-order valence-corrected chi connectivity index (χ1v) is 9.83. The van der Waals surface area contributed by atoms with Crippen LogP contribution >= 0.6 is 11.3 Å². The molecule has 0 saturated heterocycles. The van der Waals surface area contributed by atoms with Gasteiger partial charge in [0.2, 0.25) is 11.8 Å². The lowest BCUT2D eigenvalue weighted by Crippen LogP contribution is -2.25. The highest BCUT2D eigenvalue weighted by atomic mass is 32.1. The highest BCUT2D eigenvalue weighted by Gasteiger charge is 2.27. The SMILES string of the molecule is O=C(Cc1csc(NC(=O)C2C=CN(c3ccccc3)c3ccccc32)n1)NO. The van der Waals surface area contributed by atoms with E-state index in [1.807, 2.05) is 71.8 Å². The van der Waals surface area contributed by atoms with Gasteiger partial charge < -0.3 is 10.2 Å². The van der Waals surface area contributed by atoms with Crippen molar-refractivity contribution < 1.29 is 14.8 Å². The highest BCUT2D eigenvalue weighted by Crippen LogP contribution is 2.38. The average molecular weight is 406 g/mol. The van der Waals surface area contributed by atoms with Gasteiger partial charge in [0.15, 0.2) is 5.13 Å². The van der Waals surface area contributed by atoms with Crippen molar-refractivity contribution in [1.82, 2.24) is 10.5 Å². The van der Waals surface area contributed by atoms with Gasteiger partial charge in [-0.25, -0.2) is 10.5 Å². The highest BCUT2D eigenvalue weighted by molar-refractivity contribution is 7.13. The standard InChI is InChI=1S/C21H18N4O3S/c26-19(24-28)12-14-13-29-21(22-14)23-20(27)17-10-11-25(15-6-2-1-3-7-15)18-9-5-4-8-16(17)18/h1-11,13,17,28H,12H2,(H,24,26)(H,22,23,27). The normalized spacial score (nSPS) is 14.9. The first-order valence-electron chi connectivity index (χ1n) is 8.95. The molecule has 1 aliphatic heterocycles. The molecule has 2 aromatic carbocycles. The lowest BCUT2D eigenvalue weighted by atomic mass is 9.93. The number of hydrogen-bond donors (Lipinski definition) is 3. The van der Waals surface area contributed by atoms with Crippen LogP contribution in [0.25, 0.3) is 0 Å². The second kappa shape index (κ2) is 8.26. The van der Waals surface area contributed by atoms with E-state index in [1.165, 1.54) is 11.3 Å². The van der Waals surface area contributed by atoms with Crippen molar-refractivity contribution in [3.05, 3.63) is 83.5 Å². The fourth-order valence-corrected chi connectivity index (χ4v) is 3.91. The van der Waals surface area contributed by atoms with Crippen LogP contribution < -0.4 is 15.7 Å². The number of anilines is 3. The van der Waals surface area contributed by atoms with Gasteiger partial charge in [0.1, 0.15) is 0 Å². The maximum absolute atomic E-state index is 12.9. The van der Waals surface area contributed by atoms with Crippen LogP contribution in [0.5, 0.6) is 0 Å². The first-order chi connectivity index (χ1) is 14.2. The minimum absolute atomic E-state index is 0.0545. The number of carbonyl (C=O) groups excluding carboxylic acids is 2. The molecule has 0 saturated carbocycles. The van der Waals surface area contributed by atoms with Crippen LogP contribution in [0.15, 0.2) is 72.3 Å². The number of thiazole rings is 1. The monoisotopic (exact) mass is 406 g/mol. The molecule has 4 rings (SSSR count). The number of nitrogens with zero attached hydrogens (tertiary/aromatic N) is 2. The molecule has 2 heterocycles. The summed E-state index contributed by atoms with van der Waals surface area (Å²) in [7, 11) is 0. The summed E-state index contributed by atoms with van der Waals surface area (Å²) in [5.74, 6) is -1.22. The summed E-state index contributed by atoms with van der Waals surface area (Å²) in [6.45, 7) is 0. The number of amides is 2. The maximum atomic E-state index is 12.9. The zero-order chi connectivity index (χ0) is 20.2. The van der Waals surface area contributed by atoms with Crippen LogP contribution in [-0.2, 0) is 16.0 Å². The number of fused-ring (bicyclic) bond motifs is 1. The summed E-state index contributed by atoms with van der Waals surface area (Å²) < 4.78 is 0. The molecule has 0 bridgehead atoms. The van der Waals surface area contributed by atoms with Crippen LogP contribution in [0.2, 0.25) is 0 Å². The molecule has 1 atom stereocenters. The Hall–Kier alpha value is -3.49. The Morgan fingerprint density at radius 2 is 1.86 bits per heavy atom. The predicted octanol–water partition coefficient (Wildman–Crippen LogP) is 3.58. The largest absolute Gasteiger partial charge is 0.317 e. The van der Waals surface area contributed by atoms with Gasteiger partial charge >= 0.3 is 0 Å². The quantitative estimate of drug-likeness (QED) is 0.445. The first kappa shape index (κ1) is 18.9. The summed E-state index contributed by atoms with van der Waals surface area (Å²) in [6, 6.07) is 17.7. The third kappa shape index (κ3) is 4.03. The lowest BCUT2D eigenvalue weighted by molar-refractivity contribution is -0.128. The van der Waals surface area contributed by atoms with Crippen molar-refractivity contribution in [3.63, 3.8) is 0 Å². The predicted molar refractivity (Wildman–Crippen MR) is 111 cm³/mol. The average Bonchev–Trinajstić information content (AvgIpc) is 3.19. The smallest absolute Gasteiger partial charge is 0.249 e. The molecule has 3 aromatic rings. The Balaban J connectivity index is 1.55. The Morgan fingerprint density at radius 3 is 2.66 bits per heavy atom. The van der Waals surface area contributed by atoms with E-state index in [9.17, 15) is 9.59 Å². The number of carbonyl (C=O) groups is 2. The minimum atomic E-state index is -0.557. The number of hydrogen-bond acceptors (Lipinski definition) is 6. The minimum Gasteiger partial charge on any atom is -0.317 e. The molecule has 0 spiro atoms. The van der Waals surface area contributed by atoms with Gasteiger partial charge in [-0.1, -0.05) is 42.5 Å². The van der Waals surface area contributed by atoms with E-state index in [4.69, 9.17) is 5.21 Å². The Labute approximate surface area is 171 Å². The molecule has 8 heteroatoms. The number of para-hydroxylation sites is 2. The summed E-state index contributed by atoms with van der Waals surface area (Å²) in [5, 5.41) is 13.5. The lowest BCUT2D eigenvalue weighted by Gasteiger charge is -2.30. The van der Waals surface area contributed by atoms with Crippen LogP contribution in [-0.4, -0.2) is 22.0 Å². The van der Waals surface area contributed by atoms with Crippen molar-refractivity contribution in [2.24, 2.45) is 0 Å². The Kier molecular flexibility index (Phi) is 5.37. The fraction of sp³-hybridized carbons (Fsp3) is 0.0952. The van der Waals surface area contributed by atoms with Gasteiger partial charge in [-0.05, 0) is 23.8 Å². The van der Waals surface area contributed by atoms with Crippen LogP contribution in [0.3, 0.4) is 0 Å². The topological polar surface area (TPSA) is 94.6 Å². The van der Waals surface area contributed by atoms with E-state index in [0.29, 0.717) is 10.8 Å². The molecule has 0 radical (unpaired) electrons. The molecule has 0 fully saturated rings. The molecule has 1 unspecified atom stereocenters. The molecule has 2 amide bonds. The third-order valence-corrected chi connectivity index (χ3v) is 5.33. The molecule has 1 aromatic heterocycles. The second-order valence-corrected chi connectivity index (χ2v) is 7.29. The Bertz CT molecular complexity index is 1060. The molecule has 0 aliphatic carbocycles. The van der Waals surface area contributed by atoms with Crippen molar-refractivity contribution in [1.29, 1.82) is 0 Å². The molecule has 3 N–H and O–H groups in total. The van der Waals surface area contributed by atoms with Gasteiger partial charge in [0.05, 0.1) is 18.0 Å². The van der Waals surface area contributed by atoms with Crippen molar-refractivity contribution in [2.75, 3.05) is 10.2 Å². The van der Waals surface area contributed by atoms with Crippen molar-refractivity contribution in [3.8, 4) is 0 Å². The third-order valence-electron chi connectivity index (χ3n) is 4.52. The summed E-state index contributed by atoms with van der Waals surface area (Å²) in [5.41, 5.74) is 4.90. The number of nitrogens with one attached hydrogen (secondary N) is 2. The molecule has 1 aliphatic rings. The van der Waals surface area contributed by atoms with Crippen LogP contribution in [0.1, 0.15) is 17.2 Å². The molecule has 146 valence electrons. The fourth-order valence-electron chi connectivity index (χ4n) is 3.20. The molecule has 29 heavy (non-hydrogen) atoms. The van der Waals surface area contributed by atoms with E-state index < -0.39 is 11.8 Å². The number of hydroxylamine groups is 1. The van der Waals surface area contributed by atoms with E-state index in [2.05, 4.69) is 10.3 Å². The van der Waals surface area contributed by atoms with Crippen molar-refractivity contribution >= 4 is 39.7 Å². The summed E-state index contributed by atoms with van der Waals surface area (Å²) in [4.78, 5) is 30.5. The van der Waals surface area contributed by atoms with E-state index in [0.717, 1.165) is 16.9 Å². The van der Waals surface area contributed by atoms with E-state index in [-0.39, 0.29) is 12.3 Å². The summed E-state index contributed by atoms with van der Waals surface area (Å²) >= 11 is 1.23. The van der Waals surface area contributed by atoms with Gasteiger partial charge in [0.25, 0.3) is 0 Å². The van der Waals surface area contributed by atoms with Crippen LogP contribution in [0, 0.1) is 0 Å². The van der Waals surface area contributed by atoms with Gasteiger partial charge in [-0.2, -0.15) is 0 Å².